The average Bonchev–Trinajstić information content (AvgIpc) is 3.49. The summed E-state index contributed by atoms with van der Waals surface area (Å²) in [5.74, 6) is 0. The molecule has 0 aromatic carbocycles. The summed E-state index contributed by atoms with van der Waals surface area (Å²) >= 11 is 0. The second-order valence-electron chi connectivity index (χ2n) is 21.0. The molecule has 1 aliphatic carbocycles. The minimum atomic E-state index is -2.19. The molecular weight excluding hydrogens is 1100 g/mol. The SMILES string of the molecule is C1CCC1.OCC1OC2OC3C(CO)OC(OC4C(CO)OC(OC5C(CO)OC(OC6C(CO)OC(OC7C(CO)OC(OC8C(CO)OC(OC1CC2O)C(O)C8O)C(O)C7O)C(O)C6O)C(O)C5O)C(O)C4O)C(O)C3O. The van der Waals surface area contributed by atoms with Crippen LogP contribution in [0.2, 0.25) is 0 Å². The highest BCUT2D eigenvalue weighted by molar-refractivity contribution is 5.01. The molecule has 34 unspecified atom stereocenters. The largest absolute Gasteiger partial charge is 0.394 e. The molecule has 20 N–H and O–H groups in total. The van der Waals surface area contributed by atoms with E-state index in [1.165, 1.54) is 25.7 Å². The predicted octanol–water partition coefficient (Wildman–Crippen LogP) is -12.6. The van der Waals surface area contributed by atoms with Crippen molar-refractivity contribution in [1.82, 2.24) is 0 Å². The van der Waals surface area contributed by atoms with Gasteiger partial charge in [0.2, 0.25) is 0 Å². The summed E-state index contributed by atoms with van der Waals surface area (Å²) in [4.78, 5) is 0. The van der Waals surface area contributed by atoms with Crippen molar-refractivity contribution in [2.45, 2.75) is 241 Å². The molecule has 466 valence electrons. The van der Waals surface area contributed by atoms with Crippen molar-refractivity contribution in [3.8, 4) is 0 Å². The van der Waals surface area contributed by atoms with Crippen LogP contribution in [0, 0.1) is 0 Å². The Labute approximate surface area is 455 Å². The Bertz CT molecular complexity index is 1840. The lowest BCUT2D eigenvalue weighted by molar-refractivity contribution is -0.396. The summed E-state index contributed by atoms with van der Waals surface area (Å²) in [5.41, 5.74) is 0. The van der Waals surface area contributed by atoms with Crippen LogP contribution in [0.3, 0.4) is 0 Å². The third-order valence-corrected chi connectivity index (χ3v) is 15.7. The lowest BCUT2D eigenvalue weighted by atomic mass is 9.95. The van der Waals surface area contributed by atoms with Crippen LogP contribution in [0.5, 0.6) is 0 Å². The van der Waals surface area contributed by atoms with Gasteiger partial charge < -0.3 is 168 Å². The van der Waals surface area contributed by atoms with E-state index in [9.17, 15) is 102 Å². The Morgan fingerprint density at radius 3 is 0.600 bits per heavy atom. The van der Waals surface area contributed by atoms with Gasteiger partial charge in [-0.2, -0.15) is 0 Å². The lowest BCUT2D eigenvalue weighted by Crippen LogP contribution is -2.68. The third kappa shape index (κ3) is 13.4. The Balaban J connectivity index is 0.00000201. The highest BCUT2D eigenvalue weighted by atomic mass is 16.8. The molecule has 1 saturated carbocycles. The van der Waals surface area contributed by atoms with E-state index in [0.29, 0.717) is 0 Å². The van der Waals surface area contributed by atoms with Crippen LogP contribution in [0.1, 0.15) is 32.1 Å². The van der Waals surface area contributed by atoms with Crippen molar-refractivity contribution < 1.29 is 168 Å². The van der Waals surface area contributed by atoms with Gasteiger partial charge in [-0.05, 0) is 0 Å². The normalized spacial score (nSPS) is 53.4. The zero-order chi connectivity index (χ0) is 58.0. The quantitative estimate of drug-likeness (QED) is 0.113. The molecule has 34 nitrogen and oxygen atoms in total. The van der Waals surface area contributed by atoms with E-state index < -0.39 is 262 Å². The van der Waals surface area contributed by atoms with Gasteiger partial charge in [-0.25, -0.2) is 0 Å². The van der Waals surface area contributed by atoms with Crippen LogP contribution in [-0.4, -0.2) is 357 Å². The smallest absolute Gasteiger partial charge is 0.187 e. The number of hydrogen-bond donors (Lipinski definition) is 20. The zero-order valence-electron chi connectivity index (χ0n) is 42.8. The number of aliphatic hydroxyl groups excluding tert-OH is 20. The molecule has 22 rings (SSSR count). The maximum atomic E-state index is 11.3. The number of aliphatic hydroxyl groups is 20. The first-order chi connectivity index (χ1) is 38.2. The Morgan fingerprint density at radius 1 is 0.212 bits per heavy atom. The van der Waals surface area contributed by atoms with Crippen molar-refractivity contribution in [2.24, 2.45) is 0 Å². The molecule has 0 spiro atoms. The van der Waals surface area contributed by atoms with Crippen molar-refractivity contribution in [1.29, 1.82) is 0 Å². The molecule has 14 bridgehead atoms. The second kappa shape index (κ2) is 28.4. The van der Waals surface area contributed by atoms with Gasteiger partial charge in [0.15, 0.2) is 44.0 Å². The average molecular weight is 1180 g/mol. The van der Waals surface area contributed by atoms with Crippen LogP contribution in [0.15, 0.2) is 0 Å². The van der Waals surface area contributed by atoms with Crippen LogP contribution >= 0.6 is 0 Å². The highest BCUT2D eigenvalue weighted by Crippen LogP contribution is 2.39. The molecule has 21 heterocycles. The summed E-state index contributed by atoms with van der Waals surface area (Å²) < 4.78 is 80.0. The first-order valence-electron chi connectivity index (χ1n) is 26.5. The molecule has 22 aliphatic rings. The first-order valence-corrected chi connectivity index (χ1v) is 26.5. The minimum absolute atomic E-state index is 0.504. The third-order valence-electron chi connectivity index (χ3n) is 15.7. The van der Waals surface area contributed by atoms with E-state index >= 15 is 0 Å². The summed E-state index contributed by atoms with van der Waals surface area (Å²) in [6.07, 6.45) is -59.6. The van der Waals surface area contributed by atoms with Gasteiger partial charge in [0.05, 0.1) is 52.4 Å². The fourth-order valence-electron chi connectivity index (χ4n) is 10.6. The van der Waals surface area contributed by atoms with Crippen LogP contribution in [-0.2, 0) is 66.3 Å². The first kappa shape index (κ1) is 64.6. The lowest BCUT2D eigenvalue weighted by Gasteiger charge is -2.50. The van der Waals surface area contributed by atoms with Gasteiger partial charge >= 0.3 is 0 Å². The van der Waals surface area contributed by atoms with Gasteiger partial charge in [-0.3, -0.25) is 0 Å². The summed E-state index contributed by atoms with van der Waals surface area (Å²) in [7, 11) is 0. The van der Waals surface area contributed by atoms with E-state index in [1.54, 1.807) is 0 Å². The van der Waals surface area contributed by atoms with E-state index in [4.69, 9.17) is 66.3 Å². The maximum Gasteiger partial charge on any atom is 0.187 e. The molecule has 21 saturated heterocycles. The summed E-state index contributed by atoms with van der Waals surface area (Å²) in [6, 6.07) is 0. The molecule has 80 heavy (non-hydrogen) atoms. The zero-order valence-corrected chi connectivity index (χ0v) is 42.8. The molecular formula is C46H78O34. The number of ether oxygens (including phenoxy) is 14. The van der Waals surface area contributed by atoms with Crippen molar-refractivity contribution in [3.63, 3.8) is 0 Å². The van der Waals surface area contributed by atoms with E-state index in [-0.39, 0.29) is 0 Å². The molecule has 0 aromatic heterocycles. The van der Waals surface area contributed by atoms with Gasteiger partial charge in [0, 0.05) is 6.42 Å². The second-order valence-corrected chi connectivity index (χ2v) is 21.0. The Hall–Kier alpha value is -1.36. The molecule has 21 aliphatic heterocycles. The summed E-state index contributed by atoms with van der Waals surface area (Å²) in [5, 5.41) is 219. The van der Waals surface area contributed by atoms with Gasteiger partial charge in [0.25, 0.3) is 0 Å². The maximum absolute atomic E-state index is 11.3. The number of hydrogen-bond acceptors (Lipinski definition) is 34. The van der Waals surface area contributed by atoms with Crippen LogP contribution in [0.4, 0.5) is 0 Å². The Morgan fingerprint density at radius 2 is 0.400 bits per heavy atom. The molecule has 0 aromatic rings. The molecule has 22 fully saturated rings. The standard InChI is InChI=1S/C42H70O34.C4H8/c43-2-11-10-1-9(50)36(64-11)71-30-12(3-44)66-38(25(58)19(30)52)73-32-14(5-46)68-40(27(60)21(32)54)75-34-16(7-48)70-42(29(62)23(34)56)76-35-17(8-49)69-41(28(61)22(35)55)74-33-15(6-47)67-39(26(59)20(33)53)72-31-13(4-45)65-37(63-10)24(57)18(31)51;1-2-4-3-1/h9-62H,1-8H2;1-4H2. The van der Waals surface area contributed by atoms with Crippen molar-refractivity contribution in [2.75, 3.05) is 46.2 Å². The fourth-order valence-corrected chi connectivity index (χ4v) is 10.6. The van der Waals surface area contributed by atoms with E-state index in [0.717, 1.165) is 0 Å². The van der Waals surface area contributed by atoms with Crippen molar-refractivity contribution in [3.05, 3.63) is 0 Å². The predicted molar refractivity (Wildman–Crippen MR) is 246 cm³/mol. The van der Waals surface area contributed by atoms with Gasteiger partial charge in [-0.15, -0.1) is 0 Å². The fraction of sp³-hybridized carbons (Fsp3) is 1.00. The minimum Gasteiger partial charge on any atom is -0.394 e. The van der Waals surface area contributed by atoms with Gasteiger partial charge in [0.1, 0.15) is 159 Å². The summed E-state index contributed by atoms with van der Waals surface area (Å²) in [6.45, 7) is -6.95. The van der Waals surface area contributed by atoms with Crippen molar-refractivity contribution >= 4 is 0 Å². The van der Waals surface area contributed by atoms with Crippen LogP contribution < -0.4 is 0 Å². The monoisotopic (exact) mass is 1170 g/mol. The molecule has 0 amide bonds. The molecule has 0 radical (unpaired) electrons. The van der Waals surface area contributed by atoms with E-state index in [2.05, 4.69) is 0 Å². The molecule has 34 heteroatoms. The number of rotatable bonds is 7. The Kier molecular flexibility index (Phi) is 23.0. The van der Waals surface area contributed by atoms with Gasteiger partial charge in [-0.1, -0.05) is 25.7 Å². The van der Waals surface area contributed by atoms with E-state index in [1.807, 2.05) is 0 Å². The van der Waals surface area contributed by atoms with Crippen LogP contribution in [0.25, 0.3) is 0 Å². The highest BCUT2D eigenvalue weighted by Gasteiger charge is 2.59. The topological polar surface area (TPSA) is 534 Å². The molecule has 34 atom stereocenters.